The van der Waals surface area contributed by atoms with Crippen molar-refractivity contribution in [2.75, 3.05) is 33.1 Å². The zero-order valence-electron chi connectivity index (χ0n) is 15.7. The molecular weight excluding hydrogens is 356 g/mol. The smallest absolute Gasteiger partial charge is 0.244 e. The first kappa shape index (κ1) is 18.5. The predicted molar refractivity (Wildman–Crippen MR) is 106 cm³/mol. The van der Waals surface area contributed by atoms with Crippen LogP contribution in [-0.4, -0.2) is 43.9 Å². The number of carbonyl (C=O) groups excluding carboxylic acids is 1. The van der Waals surface area contributed by atoms with Crippen molar-refractivity contribution in [1.29, 1.82) is 0 Å². The van der Waals surface area contributed by atoms with Crippen LogP contribution < -0.4 is 14.8 Å². The van der Waals surface area contributed by atoms with Crippen LogP contribution in [0.25, 0.3) is 6.08 Å². The number of hydrogen-bond donors (Lipinski definition) is 1. The highest BCUT2D eigenvalue weighted by Gasteiger charge is 2.13. The number of morpholine rings is 1. The van der Waals surface area contributed by atoms with Crippen LogP contribution in [0.1, 0.15) is 16.7 Å². The second-order valence-corrected chi connectivity index (χ2v) is 6.82. The van der Waals surface area contributed by atoms with Gasteiger partial charge in [0.2, 0.25) is 12.7 Å². The fraction of sp³-hybridized carbons (Fsp3) is 0.318. The molecule has 2 heterocycles. The van der Waals surface area contributed by atoms with E-state index in [-0.39, 0.29) is 12.7 Å². The Morgan fingerprint density at radius 3 is 2.68 bits per heavy atom. The molecule has 0 unspecified atom stereocenters. The second-order valence-electron chi connectivity index (χ2n) is 6.82. The molecule has 0 atom stereocenters. The summed E-state index contributed by atoms with van der Waals surface area (Å²) in [6.07, 6.45) is 3.32. The summed E-state index contributed by atoms with van der Waals surface area (Å²) in [5, 5.41) is 2.97. The van der Waals surface area contributed by atoms with Gasteiger partial charge in [0.05, 0.1) is 13.2 Å². The van der Waals surface area contributed by atoms with Crippen molar-refractivity contribution in [1.82, 2.24) is 10.2 Å². The van der Waals surface area contributed by atoms with Crippen molar-refractivity contribution < 1.29 is 19.0 Å². The molecular formula is C22H24N2O4. The van der Waals surface area contributed by atoms with Crippen molar-refractivity contribution in [3.8, 4) is 11.5 Å². The number of nitrogens with zero attached hydrogens (tertiary/aromatic N) is 1. The van der Waals surface area contributed by atoms with Gasteiger partial charge in [-0.1, -0.05) is 30.3 Å². The Labute approximate surface area is 164 Å². The molecule has 0 bridgehead atoms. The number of hydrogen-bond acceptors (Lipinski definition) is 5. The van der Waals surface area contributed by atoms with E-state index in [1.165, 1.54) is 5.56 Å². The van der Waals surface area contributed by atoms with E-state index in [9.17, 15) is 4.79 Å². The number of carbonyl (C=O) groups is 1. The van der Waals surface area contributed by atoms with Gasteiger partial charge in [-0.25, -0.2) is 0 Å². The highest BCUT2D eigenvalue weighted by molar-refractivity contribution is 5.91. The Morgan fingerprint density at radius 1 is 1.04 bits per heavy atom. The molecule has 0 radical (unpaired) electrons. The highest BCUT2D eigenvalue weighted by atomic mass is 16.7. The van der Waals surface area contributed by atoms with Crippen LogP contribution in [0.3, 0.4) is 0 Å². The van der Waals surface area contributed by atoms with E-state index in [0.717, 1.165) is 49.7 Å². The minimum atomic E-state index is -0.126. The molecule has 28 heavy (non-hydrogen) atoms. The normalized spacial score (nSPS) is 16.4. The van der Waals surface area contributed by atoms with Crippen LogP contribution in [0, 0.1) is 0 Å². The second kappa shape index (κ2) is 8.91. The van der Waals surface area contributed by atoms with E-state index in [4.69, 9.17) is 14.2 Å². The molecule has 1 saturated heterocycles. The Bertz CT molecular complexity index is 859. The van der Waals surface area contributed by atoms with E-state index >= 15 is 0 Å². The van der Waals surface area contributed by atoms with Gasteiger partial charge in [-0.2, -0.15) is 0 Å². The summed E-state index contributed by atoms with van der Waals surface area (Å²) >= 11 is 0. The van der Waals surface area contributed by atoms with Gasteiger partial charge < -0.3 is 19.5 Å². The molecule has 1 amide bonds. The molecule has 2 aromatic carbocycles. The van der Waals surface area contributed by atoms with E-state index in [1.807, 2.05) is 30.3 Å². The number of rotatable bonds is 6. The van der Waals surface area contributed by atoms with Gasteiger partial charge in [-0.15, -0.1) is 0 Å². The lowest BCUT2D eigenvalue weighted by molar-refractivity contribution is -0.116. The molecule has 4 rings (SSSR count). The van der Waals surface area contributed by atoms with Crippen LogP contribution in [0.4, 0.5) is 0 Å². The topological polar surface area (TPSA) is 60.0 Å². The van der Waals surface area contributed by atoms with Crippen molar-refractivity contribution in [3.63, 3.8) is 0 Å². The fourth-order valence-corrected chi connectivity index (χ4v) is 3.31. The minimum absolute atomic E-state index is 0.126. The van der Waals surface area contributed by atoms with Gasteiger partial charge in [0.1, 0.15) is 0 Å². The van der Waals surface area contributed by atoms with Crippen LogP contribution in [0.15, 0.2) is 48.5 Å². The summed E-state index contributed by atoms with van der Waals surface area (Å²) in [5.41, 5.74) is 3.27. The third-order valence-electron chi connectivity index (χ3n) is 4.89. The van der Waals surface area contributed by atoms with Crippen LogP contribution >= 0.6 is 0 Å². The zero-order chi connectivity index (χ0) is 19.2. The van der Waals surface area contributed by atoms with Crippen molar-refractivity contribution in [3.05, 3.63) is 65.2 Å². The fourth-order valence-electron chi connectivity index (χ4n) is 3.31. The van der Waals surface area contributed by atoms with E-state index in [1.54, 1.807) is 12.2 Å². The maximum Gasteiger partial charge on any atom is 0.244 e. The van der Waals surface area contributed by atoms with Crippen molar-refractivity contribution in [2.24, 2.45) is 0 Å². The third kappa shape index (κ3) is 4.71. The molecule has 2 aliphatic heterocycles. The standard InChI is InChI=1S/C22H24N2O4/c25-22(8-6-17-5-7-20-21(13-17)28-16-27-20)23-14-18-3-1-2-4-19(18)15-24-9-11-26-12-10-24/h1-8,13H,9-12,14-16H2,(H,23,25)/b8-6+. The first-order valence-corrected chi connectivity index (χ1v) is 9.50. The largest absolute Gasteiger partial charge is 0.454 e. The number of ether oxygens (including phenoxy) is 3. The lowest BCUT2D eigenvalue weighted by atomic mass is 10.1. The number of benzene rings is 2. The maximum atomic E-state index is 12.2. The third-order valence-corrected chi connectivity index (χ3v) is 4.89. The Balaban J connectivity index is 1.33. The first-order valence-electron chi connectivity index (χ1n) is 9.50. The zero-order valence-corrected chi connectivity index (χ0v) is 15.7. The molecule has 146 valence electrons. The highest BCUT2D eigenvalue weighted by Crippen LogP contribution is 2.32. The van der Waals surface area contributed by atoms with Crippen LogP contribution in [-0.2, 0) is 22.6 Å². The Kier molecular flexibility index (Phi) is 5.89. The van der Waals surface area contributed by atoms with Gasteiger partial charge >= 0.3 is 0 Å². The lowest BCUT2D eigenvalue weighted by Crippen LogP contribution is -2.36. The van der Waals surface area contributed by atoms with Crippen molar-refractivity contribution >= 4 is 12.0 Å². The average Bonchev–Trinajstić information content (AvgIpc) is 3.20. The molecule has 1 fully saturated rings. The number of amides is 1. The average molecular weight is 380 g/mol. The predicted octanol–water partition coefficient (Wildman–Crippen LogP) is 2.58. The van der Waals surface area contributed by atoms with Crippen LogP contribution in [0.5, 0.6) is 11.5 Å². The number of nitrogens with one attached hydrogen (secondary N) is 1. The van der Waals surface area contributed by atoms with Gasteiger partial charge in [0, 0.05) is 32.3 Å². The van der Waals surface area contributed by atoms with Crippen molar-refractivity contribution in [2.45, 2.75) is 13.1 Å². The van der Waals surface area contributed by atoms with Crippen LogP contribution in [0.2, 0.25) is 0 Å². The summed E-state index contributed by atoms with van der Waals surface area (Å²) in [4.78, 5) is 14.6. The lowest BCUT2D eigenvalue weighted by Gasteiger charge is -2.27. The summed E-state index contributed by atoms with van der Waals surface area (Å²) in [6, 6.07) is 13.9. The summed E-state index contributed by atoms with van der Waals surface area (Å²) in [7, 11) is 0. The minimum Gasteiger partial charge on any atom is -0.454 e. The monoisotopic (exact) mass is 380 g/mol. The maximum absolute atomic E-state index is 12.2. The summed E-state index contributed by atoms with van der Waals surface area (Å²) < 4.78 is 16.1. The van der Waals surface area contributed by atoms with E-state index < -0.39 is 0 Å². The summed E-state index contributed by atoms with van der Waals surface area (Å²) in [6.45, 7) is 5.07. The molecule has 0 saturated carbocycles. The van der Waals surface area contributed by atoms with Gasteiger partial charge in [0.15, 0.2) is 11.5 Å². The molecule has 0 aliphatic carbocycles. The molecule has 0 spiro atoms. The molecule has 2 aliphatic rings. The molecule has 2 aromatic rings. The first-order chi connectivity index (χ1) is 13.8. The molecule has 1 N–H and O–H groups in total. The van der Waals surface area contributed by atoms with E-state index in [0.29, 0.717) is 12.3 Å². The SMILES string of the molecule is O=C(/C=C/c1ccc2c(c1)OCO2)NCc1ccccc1CN1CCOCC1. The molecule has 0 aromatic heterocycles. The Morgan fingerprint density at radius 2 is 1.82 bits per heavy atom. The molecule has 6 nitrogen and oxygen atoms in total. The van der Waals surface area contributed by atoms with Gasteiger partial charge in [-0.3, -0.25) is 9.69 Å². The van der Waals surface area contributed by atoms with Gasteiger partial charge in [0.25, 0.3) is 0 Å². The van der Waals surface area contributed by atoms with Gasteiger partial charge in [-0.05, 0) is 34.9 Å². The Hall–Kier alpha value is -2.83. The summed E-state index contributed by atoms with van der Waals surface area (Å²) in [5.74, 6) is 1.32. The number of fused-ring (bicyclic) bond motifs is 1. The quantitative estimate of drug-likeness (QED) is 0.781. The van der Waals surface area contributed by atoms with E-state index in [2.05, 4.69) is 22.3 Å². The molecule has 6 heteroatoms.